The van der Waals surface area contributed by atoms with Crippen LogP contribution < -0.4 is 24.2 Å². The van der Waals surface area contributed by atoms with Crippen LogP contribution in [0.2, 0.25) is 0 Å². The maximum Gasteiger partial charge on any atom is 0.240 e. The molecule has 0 fully saturated rings. The van der Waals surface area contributed by atoms with Crippen LogP contribution in [0.5, 0.6) is 17.2 Å². The molecule has 1 aliphatic rings. The lowest BCUT2D eigenvalue weighted by Gasteiger charge is -2.18. The van der Waals surface area contributed by atoms with Gasteiger partial charge in [-0.05, 0) is 51.1 Å². The molecule has 0 unspecified atom stereocenters. The molecule has 174 valence electrons. The van der Waals surface area contributed by atoms with Gasteiger partial charge < -0.3 is 19.5 Å². The van der Waals surface area contributed by atoms with E-state index in [4.69, 9.17) is 14.2 Å². The maximum absolute atomic E-state index is 12.3. The summed E-state index contributed by atoms with van der Waals surface area (Å²) in [5.74, 6) is 1.75. The number of ether oxygens (including phenoxy) is 3. The Morgan fingerprint density at radius 3 is 2.56 bits per heavy atom. The molecule has 0 spiro atoms. The summed E-state index contributed by atoms with van der Waals surface area (Å²) < 4.78 is 44.1. The second kappa shape index (κ2) is 10.2. The van der Waals surface area contributed by atoms with Crippen molar-refractivity contribution in [3.63, 3.8) is 0 Å². The highest BCUT2D eigenvalue weighted by Crippen LogP contribution is 2.41. The molecule has 1 aliphatic heterocycles. The highest BCUT2D eigenvalue weighted by molar-refractivity contribution is 7.89. The number of benzene rings is 2. The normalized spacial score (nSPS) is 14.3. The number of amides is 1. The van der Waals surface area contributed by atoms with Crippen molar-refractivity contribution in [2.24, 2.45) is 0 Å². The zero-order valence-corrected chi connectivity index (χ0v) is 19.5. The summed E-state index contributed by atoms with van der Waals surface area (Å²) in [4.78, 5) is 12.1. The molecule has 1 amide bonds. The maximum atomic E-state index is 12.3. The molecule has 0 radical (unpaired) electrons. The molecule has 0 atom stereocenters. The fraction of sp³-hybridized carbons (Fsp3) is 0.435. The van der Waals surface area contributed by atoms with Crippen LogP contribution in [0.4, 0.5) is 0 Å². The van der Waals surface area contributed by atoms with E-state index in [9.17, 15) is 13.2 Å². The van der Waals surface area contributed by atoms with E-state index in [1.54, 1.807) is 12.1 Å². The third kappa shape index (κ3) is 6.37. The molecule has 0 saturated carbocycles. The van der Waals surface area contributed by atoms with Gasteiger partial charge in [0.1, 0.15) is 18.0 Å². The minimum atomic E-state index is -3.69. The van der Waals surface area contributed by atoms with E-state index >= 15 is 0 Å². The molecular formula is C23H30N2O6S. The van der Waals surface area contributed by atoms with Gasteiger partial charge in [0.2, 0.25) is 15.9 Å². The molecule has 3 rings (SSSR count). The van der Waals surface area contributed by atoms with Crippen molar-refractivity contribution in [2.45, 2.75) is 44.1 Å². The van der Waals surface area contributed by atoms with Gasteiger partial charge in [0, 0.05) is 24.9 Å². The molecule has 2 aromatic carbocycles. The van der Waals surface area contributed by atoms with Gasteiger partial charge in [0.25, 0.3) is 0 Å². The lowest BCUT2D eigenvalue weighted by Crippen LogP contribution is -2.32. The second-order valence-corrected chi connectivity index (χ2v) is 9.80. The van der Waals surface area contributed by atoms with E-state index in [0.29, 0.717) is 24.7 Å². The fourth-order valence-electron chi connectivity index (χ4n) is 3.40. The van der Waals surface area contributed by atoms with Crippen LogP contribution >= 0.6 is 0 Å². The number of rotatable bonds is 11. The highest BCUT2D eigenvalue weighted by atomic mass is 32.2. The number of hydrogen-bond acceptors (Lipinski definition) is 6. The van der Waals surface area contributed by atoms with E-state index in [1.807, 2.05) is 39.0 Å². The van der Waals surface area contributed by atoms with Crippen molar-refractivity contribution in [1.82, 2.24) is 10.0 Å². The van der Waals surface area contributed by atoms with E-state index in [1.165, 1.54) is 12.1 Å². The van der Waals surface area contributed by atoms with Crippen LogP contribution in [0.1, 0.15) is 32.8 Å². The first-order valence-corrected chi connectivity index (χ1v) is 12.1. The van der Waals surface area contributed by atoms with Crippen molar-refractivity contribution in [2.75, 3.05) is 26.3 Å². The summed E-state index contributed by atoms with van der Waals surface area (Å²) in [5.41, 5.74) is 0.852. The van der Waals surface area contributed by atoms with Crippen LogP contribution in [0.25, 0.3) is 0 Å². The third-order valence-electron chi connectivity index (χ3n) is 4.83. The Morgan fingerprint density at radius 1 is 1.09 bits per heavy atom. The topological polar surface area (TPSA) is 103 Å². The lowest BCUT2D eigenvalue weighted by molar-refractivity contribution is -0.121. The fourth-order valence-corrected chi connectivity index (χ4v) is 4.44. The third-order valence-corrected chi connectivity index (χ3v) is 6.30. The summed E-state index contributed by atoms with van der Waals surface area (Å²) in [6, 6.07) is 11.9. The zero-order valence-electron chi connectivity index (χ0n) is 18.6. The Labute approximate surface area is 189 Å². The lowest BCUT2D eigenvalue weighted by atomic mass is 10.0. The molecule has 2 aromatic rings. The Balaban J connectivity index is 1.38. The van der Waals surface area contributed by atoms with Crippen LogP contribution in [-0.4, -0.2) is 46.2 Å². The van der Waals surface area contributed by atoms with Crippen LogP contribution in [-0.2, 0) is 21.2 Å². The number of carbonyl (C=O) groups is 1. The van der Waals surface area contributed by atoms with E-state index < -0.39 is 10.0 Å². The van der Waals surface area contributed by atoms with Crippen molar-refractivity contribution < 1.29 is 27.4 Å². The average molecular weight is 463 g/mol. The molecule has 8 nitrogen and oxygen atoms in total. The first-order valence-electron chi connectivity index (χ1n) is 10.6. The zero-order chi connectivity index (χ0) is 23.2. The average Bonchev–Trinajstić information content (AvgIpc) is 3.06. The monoisotopic (exact) mass is 462 g/mol. The molecule has 0 aromatic heterocycles. The minimum absolute atomic E-state index is 0.00263. The second-order valence-electron chi connectivity index (χ2n) is 8.03. The summed E-state index contributed by atoms with van der Waals surface area (Å²) in [6.07, 6.45) is 0.844. The van der Waals surface area contributed by atoms with E-state index in [0.717, 1.165) is 17.7 Å². The molecule has 0 aliphatic carbocycles. The van der Waals surface area contributed by atoms with Crippen LogP contribution in [0.3, 0.4) is 0 Å². The van der Waals surface area contributed by atoms with Gasteiger partial charge in [-0.1, -0.05) is 12.1 Å². The summed E-state index contributed by atoms with van der Waals surface area (Å²) in [7, 11) is -3.69. The predicted octanol–water partition coefficient (Wildman–Crippen LogP) is 2.66. The molecular weight excluding hydrogens is 432 g/mol. The van der Waals surface area contributed by atoms with E-state index in [-0.39, 0.29) is 36.0 Å². The predicted molar refractivity (Wildman–Crippen MR) is 121 cm³/mol. The van der Waals surface area contributed by atoms with Crippen LogP contribution in [0, 0.1) is 0 Å². The number of para-hydroxylation sites is 1. The minimum Gasteiger partial charge on any atom is -0.494 e. The molecule has 1 heterocycles. The van der Waals surface area contributed by atoms with Crippen molar-refractivity contribution in [1.29, 1.82) is 0 Å². The summed E-state index contributed by atoms with van der Waals surface area (Å²) in [5, 5.41) is 2.73. The number of sulfonamides is 1. The highest BCUT2D eigenvalue weighted by Gasteiger charge is 2.32. The Morgan fingerprint density at radius 2 is 1.84 bits per heavy atom. The van der Waals surface area contributed by atoms with Crippen molar-refractivity contribution in [3.05, 3.63) is 48.0 Å². The Hall–Kier alpha value is -2.78. The standard InChI is InChI=1S/C23H30N2O6S/c1-4-29-18-8-10-19(11-9-18)32(27,28)25-13-12-21(26)24-14-15-30-20-7-5-6-17-16-23(2,3)31-22(17)20/h5-11,25H,4,12-16H2,1-3H3,(H,24,26). The number of fused-ring (bicyclic) bond motifs is 1. The Bertz CT molecular complexity index is 1030. The van der Waals surface area contributed by atoms with Gasteiger partial charge in [0.05, 0.1) is 18.0 Å². The quantitative estimate of drug-likeness (QED) is 0.498. The molecule has 9 heteroatoms. The molecule has 32 heavy (non-hydrogen) atoms. The van der Waals surface area contributed by atoms with Crippen LogP contribution in [0.15, 0.2) is 47.4 Å². The molecule has 0 bridgehead atoms. The van der Waals surface area contributed by atoms with Gasteiger partial charge in [-0.2, -0.15) is 0 Å². The number of nitrogens with one attached hydrogen (secondary N) is 2. The first kappa shape index (κ1) is 23.9. The number of hydrogen-bond donors (Lipinski definition) is 2. The molecule has 2 N–H and O–H groups in total. The SMILES string of the molecule is CCOc1ccc(S(=O)(=O)NCCC(=O)NCCOc2cccc3c2OC(C)(C)C3)cc1. The number of carbonyl (C=O) groups excluding carboxylic acids is 1. The van der Waals surface area contributed by atoms with Gasteiger partial charge in [-0.15, -0.1) is 0 Å². The van der Waals surface area contributed by atoms with Crippen molar-refractivity contribution >= 4 is 15.9 Å². The van der Waals surface area contributed by atoms with Gasteiger partial charge in [0.15, 0.2) is 11.5 Å². The Kier molecular flexibility index (Phi) is 7.63. The van der Waals surface area contributed by atoms with Gasteiger partial charge in [-0.3, -0.25) is 4.79 Å². The summed E-state index contributed by atoms with van der Waals surface area (Å²) >= 11 is 0. The van der Waals surface area contributed by atoms with Crippen molar-refractivity contribution in [3.8, 4) is 17.2 Å². The summed E-state index contributed by atoms with van der Waals surface area (Å²) in [6.45, 7) is 7.00. The van der Waals surface area contributed by atoms with Gasteiger partial charge in [-0.25, -0.2) is 13.1 Å². The largest absolute Gasteiger partial charge is 0.494 e. The smallest absolute Gasteiger partial charge is 0.240 e. The molecule has 0 saturated heterocycles. The van der Waals surface area contributed by atoms with E-state index in [2.05, 4.69) is 10.0 Å². The first-order chi connectivity index (χ1) is 15.2. The van der Waals surface area contributed by atoms with Gasteiger partial charge >= 0.3 is 0 Å².